The van der Waals surface area contributed by atoms with E-state index in [0.717, 1.165) is 89.9 Å². The van der Waals surface area contributed by atoms with Gasteiger partial charge in [0.1, 0.15) is 13.2 Å². The molecule has 0 spiro atoms. The van der Waals surface area contributed by atoms with Gasteiger partial charge in [-0.2, -0.15) is 0 Å². The van der Waals surface area contributed by atoms with Crippen LogP contribution in [0.2, 0.25) is 0 Å². The number of unbranched alkanes of at least 4 members (excludes halogenated alkanes) is 23. The van der Waals surface area contributed by atoms with E-state index in [1.807, 2.05) is 0 Å². The van der Waals surface area contributed by atoms with Crippen molar-refractivity contribution in [3.05, 3.63) is 72.9 Å². The molecule has 0 aromatic carbocycles. The third kappa shape index (κ3) is 47.9. The van der Waals surface area contributed by atoms with Crippen LogP contribution in [0.25, 0.3) is 0 Å². The van der Waals surface area contributed by atoms with Gasteiger partial charge in [-0.3, -0.25) is 14.4 Å². The largest absolute Gasteiger partial charge is 0.462 e. The van der Waals surface area contributed by atoms with E-state index in [-0.39, 0.29) is 37.5 Å². The normalized spacial score (nSPS) is 12.6. The third-order valence-electron chi connectivity index (χ3n) is 10.9. The lowest BCUT2D eigenvalue weighted by Crippen LogP contribution is -2.30. The molecule has 62 heavy (non-hydrogen) atoms. The van der Waals surface area contributed by atoms with Gasteiger partial charge < -0.3 is 14.2 Å². The minimum Gasteiger partial charge on any atom is -0.462 e. The average molecular weight is 865 g/mol. The molecule has 0 saturated heterocycles. The van der Waals surface area contributed by atoms with Crippen LogP contribution in [-0.2, 0) is 28.6 Å². The summed E-state index contributed by atoms with van der Waals surface area (Å²) in [7, 11) is 0. The van der Waals surface area contributed by atoms with Crippen LogP contribution in [0, 0.1) is 0 Å². The Balaban J connectivity index is 4.48. The molecule has 6 heteroatoms. The zero-order chi connectivity index (χ0) is 45.1. The van der Waals surface area contributed by atoms with Crippen molar-refractivity contribution in [3.8, 4) is 0 Å². The molecule has 0 fully saturated rings. The highest BCUT2D eigenvalue weighted by molar-refractivity contribution is 5.71. The van der Waals surface area contributed by atoms with Crippen molar-refractivity contribution in [1.82, 2.24) is 0 Å². The fraction of sp³-hybridized carbons (Fsp3) is 0.732. The van der Waals surface area contributed by atoms with Crippen LogP contribution in [0.4, 0.5) is 0 Å². The molecule has 1 atom stereocenters. The molecule has 0 bridgehead atoms. The minimum atomic E-state index is -0.800. The van der Waals surface area contributed by atoms with E-state index in [2.05, 4.69) is 93.7 Å². The lowest BCUT2D eigenvalue weighted by atomic mass is 10.0. The molecule has 0 unspecified atom stereocenters. The number of rotatable bonds is 46. The molecule has 0 saturated carbocycles. The first kappa shape index (κ1) is 58.9. The number of carbonyl (C=O) groups excluding carboxylic acids is 3. The van der Waals surface area contributed by atoms with Gasteiger partial charge in [-0.25, -0.2) is 0 Å². The molecule has 0 N–H and O–H groups in total. The van der Waals surface area contributed by atoms with E-state index in [9.17, 15) is 14.4 Å². The van der Waals surface area contributed by atoms with Crippen molar-refractivity contribution < 1.29 is 28.6 Å². The van der Waals surface area contributed by atoms with E-state index in [0.29, 0.717) is 19.3 Å². The number of ether oxygens (including phenoxy) is 3. The standard InChI is InChI=1S/C56H96O6/c1-4-7-10-13-16-19-22-25-27-28-29-32-34-37-40-43-46-49-55(58)61-52-53(51-60-54(57)48-45-42-39-36-33-30-24-21-18-15-12-9-6-3)62-56(59)50-47-44-41-38-35-31-26-23-20-17-14-11-8-5-2/h7,10,16,19,23,25-27,29,32,37,40,53H,4-6,8-9,11-15,17-18,20-22,24,28,30-31,33-36,38-39,41-52H2,1-3H3/b10-7-,19-16-,26-23-,27-25-,32-29-,40-37-/t53-/m1/s1. The lowest BCUT2D eigenvalue weighted by Gasteiger charge is -2.18. The highest BCUT2D eigenvalue weighted by atomic mass is 16.6. The summed E-state index contributed by atoms with van der Waals surface area (Å²) in [6, 6.07) is 0. The Morgan fingerprint density at radius 3 is 1.06 bits per heavy atom. The Hall–Kier alpha value is -3.15. The molecular formula is C56H96O6. The number of hydrogen-bond acceptors (Lipinski definition) is 6. The summed E-state index contributed by atoms with van der Waals surface area (Å²) in [5.74, 6) is -0.961. The molecular weight excluding hydrogens is 769 g/mol. The number of esters is 3. The summed E-state index contributed by atoms with van der Waals surface area (Å²) in [5, 5.41) is 0. The van der Waals surface area contributed by atoms with Gasteiger partial charge in [0.05, 0.1) is 0 Å². The fourth-order valence-corrected chi connectivity index (χ4v) is 7.06. The van der Waals surface area contributed by atoms with Crippen LogP contribution in [-0.4, -0.2) is 37.2 Å². The van der Waals surface area contributed by atoms with Crippen LogP contribution in [0.15, 0.2) is 72.9 Å². The second kappa shape index (κ2) is 50.5. The average Bonchev–Trinajstić information content (AvgIpc) is 3.27. The van der Waals surface area contributed by atoms with Crippen molar-refractivity contribution in [2.24, 2.45) is 0 Å². The van der Waals surface area contributed by atoms with E-state index >= 15 is 0 Å². The zero-order valence-corrected chi connectivity index (χ0v) is 40.6. The molecule has 0 rings (SSSR count). The molecule has 0 aromatic heterocycles. The summed E-state index contributed by atoms with van der Waals surface area (Å²) in [6.45, 7) is 6.46. The van der Waals surface area contributed by atoms with E-state index in [4.69, 9.17) is 14.2 Å². The second-order valence-corrected chi connectivity index (χ2v) is 17.1. The van der Waals surface area contributed by atoms with Gasteiger partial charge >= 0.3 is 17.9 Å². The van der Waals surface area contributed by atoms with Crippen molar-refractivity contribution >= 4 is 17.9 Å². The van der Waals surface area contributed by atoms with Gasteiger partial charge in [0.2, 0.25) is 0 Å². The SMILES string of the molecule is CC/C=C\C/C=C\C/C=C\C/C=C\C/C=C\CCCC(=O)OC[C@@H](COC(=O)CCCCCCCCCCCCCCC)OC(=O)CCCCCCC/C=C\CCCCCCC. The topological polar surface area (TPSA) is 78.9 Å². The molecule has 0 aliphatic heterocycles. The molecule has 0 amide bonds. The van der Waals surface area contributed by atoms with E-state index < -0.39 is 6.10 Å². The predicted octanol–water partition coefficient (Wildman–Crippen LogP) is 17.0. The highest BCUT2D eigenvalue weighted by Gasteiger charge is 2.19. The van der Waals surface area contributed by atoms with Crippen LogP contribution < -0.4 is 0 Å². The van der Waals surface area contributed by atoms with Crippen LogP contribution in [0.5, 0.6) is 0 Å². The maximum Gasteiger partial charge on any atom is 0.306 e. The molecule has 0 heterocycles. The predicted molar refractivity (Wildman–Crippen MR) is 265 cm³/mol. The fourth-order valence-electron chi connectivity index (χ4n) is 7.06. The third-order valence-corrected chi connectivity index (χ3v) is 10.9. The summed E-state index contributed by atoms with van der Waals surface area (Å²) in [4.78, 5) is 37.9. The zero-order valence-electron chi connectivity index (χ0n) is 40.6. The Kier molecular flexibility index (Phi) is 47.9. The lowest BCUT2D eigenvalue weighted by molar-refractivity contribution is -0.167. The maximum absolute atomic E-state index is 12.8. The Labute approximate surface area is 382 Å². The van der Waals surface area contributed by atoms with Gasteiger partial charge in [0.25, 0.3) is 0 Å². The van der Waals surface area contributed by atoms with Crippen molar-refractivity contribution in [3.63, 3.8) is 0 Å². The van der Waals surface area contributed by atoms with Gasteiger partial charge in [-0.1, -0.05) is 216 Å². The molecule has 0 aliphatic rings. The minimum absolute atomic E-state index is 0.0947. The Morgan fingerprint density at radius 1 is 0.339 bits per heavy atom. The van der Waals surface area contributed by atoms with E-state index in [1.165, 1.54) is 109 Å². The van der Waals surface area contributed by atoms with Gasteiger partial charge in [0, 0.05) is 19.3 Å². The van der Waals surface area contributed by atoms with Gasteiger partial charge in [0.15, 0.2) is 6.10 Å². The first-order valence-corrected chi connectivity index (χ1v) is 25.9. The highest BCUT2D eigenvalue weighted by Crippen LogP contribution is 2.15. The Morgan fingerprint density at radius 2 is 0.645 bits per heavy atom. The molecule has 0 radical (unpaired) electrons. The van der Waals surface area contributed by atoms with E-state index in [1.54, 1.807) is 0 Å². The molecule has 6 nitrogen and oxygen atoms in total. The van der Waals surface area contributed by atoms with Crippen LogP contribution in [0.3, 0.4) is 0 Å². The quantitative estimate of drug-likeness (QED) is 0.0262. The number of carbonyl (C=O) groups is 3. The summed E-state index contributed by atoms with van der Waals surface area (Å²) in [5.41, 5.74) is 0. The van der Waals surface area contributed by atoms with Crippen LogP contribution >= 0.6 is 0 Å². The number of allylic oxidation sites excluding steroid dienone is 12. The van der Waals surface area contributed by atoms with Crippen molar-refractivity contribution in [2.75, 3.05) is 13.2 Å². The maximum atomic E-state index is 12.8. The molecule has 0 aromatic rings. The second-order valence-electron chi connectivity index (χ2n) is 17.1. The number of hydrogen-bond donors (Lipinski definition) is 0. The van der Waals surface area contributed by atoms with Crippen LogP contribution in [0.1, 0.15) is 245 Å². The van der Waals surface area contributed by atoms with Gasteiger partial charge in [-0.05, 0) is 83.5 Å². The monoisotopic (exact) mass is 865 g/mol. The van der Waals surface area contributed by atoms with Crippen molar-refractivity contribution in [2.45, 2.75) is 252 Å². The molecule has 356 valence electrons. The summed E-state index contributed by atoms with van der Waals surface area (Å²) >= 11 is 0. The molecule has 0 aliphatic carbocycles. The summed E-state index contributed by atoms with van der Waals surface area (Å²) < 4.78 is 16.7. The smallest absolute Gasteiger partial charge is 0.306 e. The Bertz CT molecular complexity index is 1180. The first-order valence-electron chi connectivity index (χ1n) is 25.9. The first-order chi connectivity index (χ1) is 30.5. The van der Waals surface area contributed by atoms with Gasteiger partial charge in [-0.15, -0.1) is 0 Å². The summed E-state index contributed by atoms with van der Waals surface area (Å²) in [6.07, 6.45) is 63.1. The van der Waals surface area contributed by atoms with Crippen molar-refractivity contribution in [1.29, 1.82) is 0 Å².